The minimum absolute atomic E-state index is 0.0493. The third-order valence-corrected chi connectivity index (χ3v) is 7.32. The van der Waals surface area contributed by atoms with Crippen molar-refractivity contribution in [2.45, 2.75) is 70.2 Å². The lowest BCUT2D eigenvalue weighted by Gasteiger charge is -2.24. The molecule has 1 aliphatic carbocycles. The Hall–Kier alpha value is -1.13. The number of allylic oxidation sites excluding steroid dienone is 1. The number of rotatable bonds is 3. The molecule has 2 fully saturated rings. The van der Waals surface area contributed by atoms with Crippen molar-refractivity contribution < 1.29 is 8.42 Å². The van der Waals surface area contributed by atoms with Crippen molar-refractivity contribution in [3.05, 3.63) is 40.5 Å². The quantitative estimate of drug-likeness (QED) is 0.775. The lowest BCUT2D eigenvalue weighted by molar-refractivity contribution is 0.430. The molecule has 1 heterocycles. The molecule has 1 aliphatic heterocycles. The number of aryl methyl sites for hydroxylation is 3. The van der Waals surface area contributed by atoms with Crippen molar-refractivity contribution >= 4 is 10.0 Å². The normalized spacial score (nSPS) is 22.7. The maximum atomic E-state index is 13.3. The predicted molar refractivity (Wildman–Crippen MR) is 94.1 cm³/mol. The van der Waals surface area contributed by atoms with E-state index in [0.29, 0.717) is 11.4 Å². The summed E-state index contributed by atoms with van der Waals surface area (Å²) in [6, 6.07) is 3.99. The van der Waals surface area contributed by atoms with E-state index in [0.717, 1.165) is 42.4 Å². The van der Waals surface area contributed by atoms with Crippen molar-refractivity contribution in [3.8, 4) is 0 Å². The molecule has 1 saturated carbocycles. The second-order valence-electron chi connectivity index (χ2n) is 7.09. The van der Waals surface area contributed by atoms with Gasteiger partial charge in [0.1, 0.15) is 0 Å². The minimum atomic E-state index is -3.42. The average Bonchev–Trinajstić information content (AvgIpc) is 3.09. The van der Waals surface area contributed by atoms with Crippen LogP contribution in [0.15, 0.2) is 28.7 Å². The zero-order valence-corrected chi connectivity index (χ0v) is 15.2. The van der Waals surface area contributed by atoms with E-state index in [1.807, 2.05) is 32.9 Å². The van der Waals surface area contributed by atoms with Crippen LogP contribution in [0.25, 0.3) is 0 Å². The highest BCUT2D eigenvalue weighted by Crippen LogP contribution is 2.33. The molecule has 23 heavy (non-hydrogen) atoms. The summed E-state index contributed by atoms with van der Waals surface area (Å²) in [7, 11) is -3.42. The van der Waals surface area contributed by atoms with Crippen LogP contribution in [0.5, 0.6) is 0 Å². The molecule has 4 heteroatoms. The zero-order valence-electron chi connectivity index (χ0n) is 14.4. The summed E-state index contributed by atoms with van der Waals surface area (Å²) in [5.74, 6) is 0. The Morgan fingerprint density at radius 3 is 2.26 bits per heavy atom. The summed E-state index contributed by atoms with van der Waals surface area (Å²) in [6.45, 7) is 6.48. The molecule has 1 aromatic rings. The van der Waals surface area contributed by atoms with E-state index in [1.165, 1.54) is 18.4 Å². The van der Waals surface area contributed by atoms with E-state index in [4.69, 9.17) is 0 Å². The second-order valence-corrected chi connectivity index (χ2v) is 8.91. The molecule has 2 aliphatic rings. The Bertz CT molecular complexity index is 703. The van der Waals surface area contributed by atoms with Gasteiger partial charge in [-0.2, -0.15) is 4.31 Å². The fourth-order valence-electron chi connectivity index (χ4n) is 4.19. The summed E-state index contributed by atoms with van der Waals surface area (Å²) in [6.07, 6.45) is 8.95. The molecule has 0 amide bonds. The summed E-state index contributed by atoms with van der Waals surface area (Å²) >= 11 is 0. The van der Waals surface area contributed by atoms with Gasteiger partial charge in [0, 0.05) is 12.6 Å². The largest absolute Gasteiger partial charge is 0.244 e. The van der Waals surface area contributed by atoms with Crippen molar-refractivity contribution in [2.24, 2.45) is 0 Å². The molecule has 0 spiro atoms. The van der Waals surface area contributed by atoms with Gasteiger partial charge in [-0.15, -0.1) is 0 Å². The van der Waals surface area contributed by atoms with Crippen molar-refractivity contribution in [1.29, 1.82) is 0 Å². The van der Waals surface area contributed by atoms with Crippen LogP contribution in [0.4, 0.5) is 0 Å². The van der Waals surface area contributed by atoms with Crippen molar-refractivity contribution in [1.82, 2.24) is 4.31 Å². The van der Waals surface area contributed by atoms with Gasteiger partial charge >= 0.3 is 0 Å². The highest BCUT2D eigenvalue weighted by Gasteiger charge is 2.36. The maximum Gasteiger partial charge on any atom is 0.244 e. The van der Waals surface area contributed by atoms with Gasteiger partial charge in [-0.3, -0.25) is 0 Å². The highest BCUT2D eigenvalue weighted by atomic mass is 32.2. The standard InChI is InChI=1S/C19H27NO2S/c1-14-11-15(2)19(16(3)12-14)23(21,22)20-10-6-9-18(20)13-17-7-4-5-8-17/h11-13,18H,4-10H2,1-3H3/t18-/m1/s1. The first-order chi connectivity index (χ1) is 10.9. The highest BCUT2D eigenvalue weighted by molar-refractivity contribution is 7.89. The molecule has 126 valence electrons. The molecule has 0 aromatic heterocycles. The first-order valence-electron chi connectivity index (χ1n) is 8.69. The second kappa shape index (κ2) is 6.40. The predicted octanol–water partition coefficient (Wildman–Crippen LogP) is 4.27. The van der Waals surface area contributed by atoms with Gasteiger partial charge in [0.15, 0.2) is 0 Å². The van der Waals surface area contributed by atoms with Gasteiger partial charge < -0.3 is 0 Å². The lowest BCUT2D eigenvalue weighted by Crippen LogP contribution is -2.35. The fraction of sp³-hybridized carbons (Fsp3) is 0.579. The molecule has 3 rings (SSSR count). The minimum Gasteiger partial charge on any atom is -0.207 e. The Morgan fingerprint density at radius 2 is 1.65 bits per heavy atom. The molecule has 0 N–H and O–H groups in total. The Morgan fingerprint density at radius 1 is 1.04 bits per heavy atom. The smallest absolute Gasteiger partial charge is 0.207 e. The van der Waals surface area contributed by atoms with E-state index >= 15 is 0 Å². The topological polar surface area (TPSA) is 37.4 Å². The van der Waals surface area contributed by atoms with E-state index < -0.39 is 10.0 Å². The molecular formula is C19H27NO2S. The van der Waals surface area contributed by atoms with Crippen LogP contribution in [0.3, 0.4) is 0 Å². The van der Waals surface area contributed by atoms with Crippen molar-refractivity contribution in [2.75, 3.05) is 6.54 Å². The van der Waals surface area contributed by atoms with Gasteiger partial charge in [0.25, 0.3) is 0 Å². The van der Waals surface area contributed by atoms with Crippen molar-refractivity contribution in [3.63, 3.8) is 0 Å². The van der Waals surface area contributed by atoms with Crippen LogP contribution in [-0.2, 0) is 10.0 Å². The molecule has 1 atom stereocenters. The summed E-state index contributed by atoms with van der Waals surface area (Å²) in [5.41, 5.74) is 4.29. The third kappa shape index (κ3) is 3.24. The van der Waals surface area contributed by atoms with Gasteiger partial charge in [0.05, 0.1) is 4.90 Å². The number of hydrogen-bond donors (Lipinski definition) is 0. The van der Waals surface area contributed by atoms with E-state index in [2.05, 4.69) is 6.08 Å². The summed E-state index contributed by atoms with van der Waals surface area (Å²) < 4.78 is 28.3. The Labute approximate surface area is 140 Å². The monoisotopic (exact) mass is 333 g/mol. The first-order valence-corrected chi connectivity index (χ1v) is 10.1. The van der Waals surface area contributed by atoms with Crippen LogP contribution >= 0.6 is 0 Å². The van der Waals surface area contributed by atoms with Gasteiger partial charge in [-0.25, -0.2) is 8.42 Å². The Kier molecular flexibility index (Phi) is 4.65. The first kappa shape index (κ1) is 16.7. The van der Waals surface area contributed by atoms with Gasteiger partial charge in [-0.1, -0.05) is 29.3 Å². The van der Waals surface area contributed by atoms with Crippen LogP contribution < -0.4 is 0 Å². The molecule has 1 saturated heterocycles. The number of benzene rings is 1. The summed E-state index contributed by atoms with van der Waals surface area (Å²) in [5, 5.41) is 0. The SMILES string of the molecule is Cc1cc(C)c(S(=O)(=O)N2CCC[C@@H]2C=C2CCCC2)c(C)c1. The zero-order chi connectivity index (χ0) is 16.6. The maximum absolute atomic E-state index is 13.3. The average molecular weight is 333 g/mol. The number of hydrogen-bond acceptors (Lipinski definition) is 2. The van der Waals surface area contributed by atoms with Crippen LogP contribution in [0, 0.1) is 20.8 Å². The Balaban J connectivity index is 1.97. The number of sulfonamides is 1. The van der Waals surface area contributed by atoms with E-state index in [9.17, 15) is 8.42 Å². The summed E-state index contributed by atoms with van der Waals surface area (Å²) in [4.78, 5) is 0.514. The van der Waals surface area contributed by atoms with E-state index in [1.54, 1.807) is 4.31 Å². The molecule has 3 nitrogen and oxygen atoms in total. The van der Waals surface area contributed by atoms with Crippen LogP contribution in [0.1, 0.15) is 55.2 Å². The molecule has 1 aromatic carbocycles. The third-order valence-electron chi connectivity index (χ3n) is 5.09. The number of nitrogens with zero attached hydrogens (tertiary/aromatic N) is 1. The van der Waals surface area contributed by atoms with Crippen LogP contribution in [0.2, 0.25) is 0 Å². The fourth-order valence-corrected chi connectivity index (χ4v) is 6.25. The molecule has 0 radical (unpaired) electrons. The molecular weight excluding hydrogens is 306 g/mol. The van der Waals surface area contributed by atoms with Gasteiger partial charge in [-0.05, 0) is 70.4 Å². The van der Waals surface area contributed by atoms with E-state index in [-0.39, 0.29) is 6.04 Å². The van der Waals surface area contributed by atoms with Gasteiger partial charge in [0.2, 0.25) is 10.0 Å². The lowest BCUT2D eigenvalue weighted by atomic mass is 10.1. The molecule has 0 bridgehead atoms. The van der Waals surface area contributed by atoms with Crippen LogP contribution in [-0.4, -0.2) is 25.3 Å². The molecule has 0 unspecified atom stereocenters.